The molecule has 0 unspecified atom stereocenters. The van der Waals surface area contributed by atoms with Gasteiger partial charge < -0.3 is 15.0 Å². The minimum Gasteiger partial charge on any atom is -0.497 e. The van der Waals surface area contributed by atoms with Gasteiger partial charge in [-0.3, -0.25) is 9.59 Å². The number of nitrogens with one attached hydrogen (secondary N) is 1. The molecule has 132 valence electrons. The van der Waals surface area contributed by atoms with E-state index in [1.165, 1.54) is 7.05 Å². The van der Waals surface area contributed by atoms with Crippen LogP contribution in [0.4, 0.5) is 10.1 Å². The van der Waals surface area contributed by atoms with Crippen molar-refractivity contribution in [2.24, 2.45) is 0 Å². The van der Waals surface area contributed by atoms with Gasteiger partial charge in [-0.2, -0.15) is 0 Å². The fourth-order valence-corrected chi connectivity index (χ4v) is 2.52. The Balaban J connectivity index is 2.02. The van der Waals surface area contributed by atoms with Crippen molar-refractivity contribution in [3.8, 4) is 5.75 Å². The molecule has 0 aromatic heterocycles. The van der Waals surface area contributed by atoms with Crippen molar-refractivity contribution >= 4 is 40.7 Å². The average molecular weight is 385 g/mol. The van der Waals surface area contributed by atoms with Crippen molar-refractivity contribution in [2.45, 2.75) is 0 Å². The van der Waals surface area contributed by atoms with Crippen molar-refractivity contribution in [3.63, 3.8) is 0 Å². The quantitative estimate of drug-likeness (QED) is 0.796. The number of hydrogen-bond acceptors (Lipinski definition) is 3. The van der Waals surface area contributed by atoms with Gasteiger partial charge >= 0.3 is 0 Å². The summed E-state index contributed by atoms with van der Waals surface area (Å²) in [5.74, 6) is -1.10. The van der Waals surface area contributed by atoms with Crippen LogP contribution in [0.3, 0.4) is 0 Å². The van der Waals surface area contributed by atoms with E-state index in [-0.39, 0.29) is 22.2 Å². The maximum atomic E-state index is 13.5. The lowest BCUT2D eigenvalue weighted by molar-refractivity contribution is -0.116. The summed E-state index contributed by atoms with van der Waals surface area (Å²) in [7, 11) is 2.96. The Morgan fingerprint density at radius 1 is 1.16 bits per heavy atom. The minimum atomic E-state index is -0.759. The number of anilines is 1. The Morgan fingerprint density at radius 2 is 1.80 bits per heavy atom. The molecule has 0 spiro atoms. The van der Waals surface area contributed by atoms with Crippen LogP contribution in [0.25, 0.3) is 0 Å². The standard InChI is InChI=1S/C17H15Cl2FN2O3/c1-22(17(24)12-7-15(20)14(19)8-13(12)18)9-16(23)21-10-3-5-11(25-2)6-4-10/h3-8H,9H2,1-2H3,(H,21,23). The smallest absolute Gasteiger partial charge is 0.255 e. The molecule has 0 aliphatic carbocycles. The molecule has 25 heavy (non-hydrogen) atoms. The number of carbonyl (C=O) groups is 2. The second-order valence-corrected chi connectivity index (χ2v) is 6.00. The predicted molar refractivity (Wildman–Crippen MR) is 95.0 cm³/mol. The molecule has 2 rings (SSSR count). The number of ether oxygens (including phenoxy) is 1. The molecule has 0 saturated heterocycles. The molecular formula is C17H15Cl2FN2O3. The highest BCUT2D eigenvalue weighted by Crippen LogP contribution is 2.25. The van der Waals surface area contributed by atoms with E-state index in [0.29, 0.717) is 11.4 Å². The third kappa shape index (κ3) is 4.84. The van der Waals surface area contributed by atoms with E-state index in [1.54, 1.807) is 31.4 Å². The normalized spacial score (nSPS) is 10.3. The Labute approximate surface area is 154 Å². The largest absolute Gasteiger partial charge is 0.497 e. The second-order valence-electron chi connectivity index (χ2n) is 5.18. The number of carbonyl (C=O) groups excluding carboxylic acids is 2. The molecule has 0 bridgehead atoms. The molecule has 0 aliphatic rings. The summed E-state index contributed by atoms with van der Waals surface area (Å²) in [6.07, 6.45) is 0. The van der Waals surface area contributed by atoms with Gasteiger partial charge in [-0.15, -0.1) is 0 Å². The number of rotatable bonds is 5. The number of methoxy groups -OCH3 is 1. The first-order valence-corrected chi connectivity index (χ1v) is 7.91. The van der Waals surface area contributed by atoms with Gasteiger partial charge in [0.25, 0.3) is 5.91 Å². The van der Waals surface area contributed by atoms with Crippen LogP contribution in [0.15, 0.2) is 36.4 Å². The van der Waals surface area contributed by atoms with Gasteiger partial charge in [-0.05, 0) is 36.4 Å². The molecule has 0 heterocycles. The van der Waals surface area contributed by atoms with Gasteiger partial charge in [-0.1, -0.05) is 23.2 Å². The molecule has 0 radical (unpaired) electrons. The Bertz CT molecular complexity index is 797. The maximum absolute atomic E-state index is 13.5. The van der Waals surface area contributed by atoms with Crippen LogP contribution >= 0.6 is 23.2 Å². The number of hydrogen-bond donors (Lipinski definition) is 1. The lowest BCUT2D eigenvalue weighted by atomic mass is 10.2. The van der Waals surface area contributed by atoms with Gasteiger partial charge in [-0.25, -0.2) is 4.39 Å². The zero-order chi connectivity index (χ0) is 18.6. The summed E-state index contributed by atoms with van der Waals surface area (Å²) in [6.45, 7) is -0.231. The van der Waals surface area contributed by atoms with Crippen LogP contribution in [0.5, 0.6) is 5.75 Å². The van der Waals surface area contributed by atoms with Crippen LogP contribution in [0.1, 0.15) is 10.4 Å². The summed E-state index contributed by atoms with van der Waals surface area (Å²) in [6, 6.07) is 8.83. The fourth-order valence-electron chi connectivity index (χ4n) is 2.05. The molecule has 2 amide bonds. The van der Waals surface area contributed by atoms with Crippen LogP contribution in [-0.2, 0) is 4.79 Å². The Kier molecular flexibility index (Phi) is 6.22. The minimum absolute atomic E-state index is 0.0128. The van der Waals surface area contributed by atoms with E-state index in [1.807, 2.05) is 0 Å². The van der Waals surface area contributed by atoms with E-state index in [2.05, 4.69) is 5.32 Å². The molecule has 0 aliphatic heterocycles. The topological polar surface area (TPSA) is 58.6 Å². The van der Waals surface area contributed by atoms with E-state index in [0.717, 1.165) is 17.0 Å². The predicted octanol–water partition coefficient (Wildman–Crippen LogP) is 3.85. The SMILES string of the molecule is COc1ccc(NC(=O)CN(C)C(=O)c2cc(F)c(Cl)cc2Cl)cc1. The first-order chi connectivity index (χ1) is 11.8. The summed E-state index contributed by atoms with van der Waals surface area (Å²) < 4.78 is 18.6. The highest BCUT2D eigenvalue weighted by molar-refractivity contribution is 6.36. The summed E-state index contributed by atoms with van der Waals surface area (Å²) in [5.41, 5.74) is 0.491. The van der Waals surface area contributed by atoms with Gasteiger partial charge in [0.15, 0.2) is 0 Å². The first-order valence-electron chi connectivity index (χ1n) is 7.15. The monoisotopic (exact) mass is 384 g/mol. The number of likely N-dealkylation sites (N-methyl/N-ethyl adjacent to an activating group) is 1. The number of benzene rings is 2. The molecule has 8 heteroatoms. The summed E-state index contributed by atoms with van der Waals surface area (Å²) >= 11 is 11.5. The number of amides is 2. The second kappa shape index (κ2) is 8.18. The lowest BCUT2D eigenvalue weighted by Crippen LogP contribution is -2.35. The molecular weight excluding hydrogens is 370 g/mol. The third-order valence-electron chi connectivity index (χ3n) is 3.34. The summed E-state index contributed by atoms with van der Waals surface area (Å²) in [4.78, 5) is 25.5. The van der Waals surface area contributed by atoms with Crippen LogP contribution < -0.4 is 10.1 Å². The van der Waals surface area contributed by atoms with E-state index in [4.69, 9.17) is 27.9 Å². The molecule has 0 fully saturated rings. The molecule has 1 N–H and O–H groups in total. The Morgan fingerprint density at radius 3 is 2.40 bits per heavy atom. The third-order valence-corrected chi connectivity index (χ3v) is 3.94. The van der Waals surface area contributed by atoms with Crippen LogP contribution in [-0.4, -0.2) is 37.4 Å². The molecule has 2 aromatic carbocycles. The van der Waals surface area contributed by atoms with Crippen molar-refractivity contribution in [2.75, 3.05) is 26.0 Å². The molecule has 0 atom stereocenters. The van der Waals surface area contributed by atoms with Crippen LogP contribution in [0.2, 0.25) is 10.0 Å². The number of halogens is 3. The lowest BCUT2D eigenvalue weighted by Gasteiger charge is -2.18. The highest BCUT2D eigenvalue weighted by atomic mass is 35.5. The van der Waals surface area contributed by atoms with E-state index in [9.17, 15) is 14.0 Å². The maximum Gasteiger partial charge on any atom is 0.255 e. The van der Waals surface area contributed by atoms with Crippen molar-refractivity contribution in [1.82, 2.24) is 4.90 Å². The van der Waals surface area contributed by atoms with Crippen LogP contribution in [0, 0.1) is 5.82 Å². The zero-order valence-corrected chi connectivity index (χ0v) is 15.0. The van der Waals surface area contributed by atoms with E-state index >= 15 is 0 Å². The Hall–Kier alpha value is -2.31. The number of nitrogens with zero attached hydrogens (tertiary/aromatic N) is 1. The first kappa shape index (κ1) is 19.0. The van der Waals surface area contributed by atoms with Gasteiger partial charge in [0.05, 0.1) is 29.3 Å². The van der Waals surface area contributed by atoms with Crippen molar-refractivity contribution < 1.29 is 18.7 Å². The van der Waals surface area contributed by atoms with Gasteiger partial charge in [0.1, 0.15) is 11.6 Å². The molecule has 0 saturated carbocycles. The van der Waals surface area contributed by atoms with Gasteiger partial charge in [0.2, 0.25) is 5.91 Å². The fraction of sp³-hybridized carbons (Fsp3) is 0.176. The molecule has 2 aromatic rings. The zero-order valence-electron chi connectivity index (χ0n) is 13.5. The van der Waals surface area contributed by atoms with Crippen molar-refractivity contribution in [1.29, 1.82) is 0 Å². The average Bonchev–Trinajstić information content (AvgIpc) is 2.58. The van der Waals surface area contributed by atoms with Crippen molar-refractivity contribution in [3.05, 3.63) is 57.8 Å². The summed E-state index contributed by atoms with van der Waals surface area (Å²) in [5, 5.41) is 2.48. The van der Waals surface area contributed by atoms with E-state index < -0.39 is 17.6 Å². The van der Waals surface area contributed by atoms with Gasteiger partial charge in [0, 0.05) is 12.7 Å². The highest BCUT2D eigenvalue weighted by Gasteiger charge is 2.19. The molecule has 5 nitrogen and oxygen atoms in total.